The van der Waals surface area contributed by atoms with E-state index in [9.17, 15) is 38.4 Å². The zero-order valence-electron chi connectivity index (χ0n) is 35.9. The van der Waals surface area contributed by atoms with Crippen LogP contribution in [0.25, 0.3) is 10.9 Å². The van der Waals surface area contributed by atoms with Gasteiger partial charge in [-0.3, -0.25) is 43.3 Å². The number of nitrogens with two attached hydrogens (primary N) is 3. The number of aromatic nitrogens is 1. The lowest BCUT2D eigenvalue weighted by atomic mass is 10.0. The van der Waals surface area contributed by atoms with E-state index >= 15 is 0 Å². The molecule has 8 amide bonds. The van der Waals surface area contributed by atoms with Gasteiger partial charge in [-0.1, -0.05) is 78.9 Å². The molecule has 0 saturated carbocycles. The van der Waals surface area contributed by atoms with Crippen LogP contribution in [0, 0.1) is 0 Å². The molecule has 0 spiro atoms. The Kier molecular flexibility index (Phi) is 17.5. The number of H-pyrrole nitrogens is 1. The van der Waals surface area contributed by atoms with Crippen molar-refractivity contribution in [2.75, 3.05) is 13.1 Å². The Morgan fingerprint density at radius 2 is 1.29 bits per heavy atom. The van der Waals surface area contributed by atoms with Crippen LogP contribution in [-0.4, -0.2) is 108 Å². The summed E-state index contributed by atoms with van der Waals surface area (Å²) in [7, 11) is 0. The van der Waals surface area contributed by atoms with Gasteiger partial charge in [-0.15, -0.1) is 0 Å². The molecule has 0 unspecified atom stereocenters. The molecule has 20 nitrogen and oxygen atoms in total. The molecule has 344 valence electrons. The number of benzene rings is 3. The number of hydrogen-bond donors (Lipinski definition) is 11. The molecule has 0 radical (unpaired) electrons. The molecule has 1 aliphatic rings. The molecule has 5 rings (SSSR count). The van der Waals surface area contributed by atoms with Crippen LogP contribution in [0.5, 0.6) is 0 Å². The normalized spacial score (nSPS) is 21.8. The predicted octanol–water partition coefficient (Wildman–Crippen LogP) is -1.43. The Labute approximate surface area is 375 Å². The lowest BCUT2D eigenvalue weighted by Gasteiger charge is -2.27. The van der Waals surface area contributed by atoms with Crippen LogP contribution in [0.3, 0.4) is 0 Å². The number of carbonyl (C=O) groups excluding carboxylic acids is 8. The van der Waals surface area contributed by atoms with Gasteiger partial charge in [0.25, 0.3) is 0 Å². The van der Waals surface area contributed by atoms with E-state index in [0.717, 1.165) is 10.9 Å². The van der Waals surface area contributed by atoms with E-state index in [0.29, 0.717) is 16.7 Å². The standard InChI is InChI=1S/C45H56N12O8/c1-26-40(61)56-34(21-27-11-4-2-5-12-27)42(63)55-33(17-10-20-49-45(47)48)41(62)57-35(23-29-24-50-31-16-9-8-15-30(29)31)43(64)54-32(39(46)60)18-19-37(58)51-25-36(44(65)52-26)53-38(59)22-28-13-6-3-7-14-28/h2-9,11-16,24,26,32-36,50H,10,17-23,25H2,1H3,(H2,46,60)(H,51,58)(H,52,65)(H,53,59)(H,54,64)(H,55,63)(H,56,61)(H,57,62)(H4,47,48,49)/t26-,32-,33-,34+,35-,36-/m0/s1. The SMILES string of the molecule is C[C@@H]1NC(=O)[C@@H](NC(=O)Cc2ccccc2)CNC(=O)CC[C@@H](C(N)=O)NC(=O)[C@H](Cc2c[nH]c3ccccc23)NC(=O)[C@H](CCCN=C(N)N)NC(=O)[C@@H](Cc2ccccc2)NC1=O. The Hall–Kier alpha value is -7.77. The third kappa shape index (κ3) is 14.9. The number of rotatable bonds is 12. The van der Waals surface area contributed by atoms with Gasteiger partial charge in [0.15, 0.2) is 5.96 Å². The molecular weight excluding hydrogens is 837 g/mol. The Bertz CT molecular complexity index is 2350. The van der Waals surface area contributed by atoms with Gasteiger partial charge in [0.1, 0.15) is 36.3 Å². The van der Waals surface area contributed by atoms with Crippen molar-refractivity contribution in [3.63, 3.8) is 0 Å². The number of nitrogens with zero attached hydrogens (tertiary/aromatic N) is 1. The first-order valence-electron chi connectivity index (χ1n) is 21.2. The first-order valence-corrected chi connectivity index (χ1v) is 21.2. The van der Waals surface area contributed by atoms with Crippen LogP contribution in [-0.2, 0) is 57.6 Å². The van der Waals surface area contributed by atoms with Crippen molar-refractivity contribution in [3.05, 3.63) is 108 Å². The number of aromatic amines is 1. The molecular formula is C45H56N12O8. The maximum atomic E-state index is 14.3. The molecule has 0 aliphatic carbocycles. The number of primary amides is 1. The lowest BCUT2D eigenvalue weighted by molar-refractivity contribution is -0.135. The summed E-state index contributed by atoms with van der Waals surface area (Å²) in [4.78, 5) is 117. The van der Waals surface area contributed by atoms with E-state index in [1.807, 2.05) is 24.3 Å². The van der Waals surface area contributed by atoms with Crippen molar-refractivity contribution in [2.24, 2.45) is 22.2 Å². The summed E-state index contributed by atoms with van der Waals surface area (Å²) < 4.78 is 0. The number of hydrogen-bond acceptors (Lipinski definition) is 9. The molecule has 6 atom stereocenters. The van der Waals surface area contributed by atoms with Gasteiger partial charge >= 0.3 is 0 Å². The largest absolute Gasteiger partial charge is 0.370 e. The van der Waals surface area contributed by atoms with Gasteiger partial charge in [0.05, 0.1) is 6.42 Å². The molecule has 65 heavy (non-hydrogen) atoms. The van der Waals surface area contributed by atoms with Crippen molar-refractivity contribution in [1.29, 1.82) is 0 Å². The number of amides is 8. The summed E-state index contributed by atoms with van der Waals surface area (Å²) in [6.45, 7) is 1.04. The van der Waals surface area contributed by atoms with Crippen molar-refractivity contribution in [1.82, 2.24) is 42.2 Å². The quantitative estimate of drug-likeness (QED) is 0.0448. The van der Waals surface area contributed by atoms with Crippen LogP contribution in [0.2, 0.25) is 0 Å². The van der Waals surface area contributed by atoms with Crippen molar-refractivity contribution < 1.29 is 38.4 Å². The van der Waals surface area contributed by atoms with Gasteiger partial charge in [0.2, 0.25) is 47.3 Å². The Morgan fingerprint density at radius 3 is 1.98 bits per heavy atom. The summed E-state index contributed by atoms with van der Waals surface area (Å²) in [5.74, 6) is -6.33. The fourth-order valence-corrected chi connectivity index (χ4v) is 7.16. The number of para-hydroxylation sites is 1. The maximum Gasteiger partial charge on any atom is 0.245 e. The number of aliphatic imine (C=N–C) groups is 1. The van der Waals surface area contributed by atoms with Crippen molar-refractivity contribution in [3.8, 4) is 0 Å². The van der Waals surface area contributed by atoms with Gasteiger partial charge in [0, 0.05) is 49.5 Å². The highest BCUT2D eigenvalue weighted by molar-refractivity contribution is 5.98. The third-order valence-corrected chi connectivity index (χ3v) is 10.7. The van der Waals surface area contributed by atoms with Crippen molar-refractivity contribution in [2.45, 2.75) is 88.1 Å². The summed E-state index contributed by atoms with van der Waals surface area (Å²) in [6.07, 6.45) is 1.01. The molecule has 1 aliphatic heterocycles. The first-order chi connectivity index (χ1) is 31.2. The summed E-state index contributed by atoms with van der Waals surface area (Å²) in [6, 6.07) is 16.8. The molecule has 0 bridgehead atoms. The lowest BCUT2D eigenvalue weighted by Crippen LogP contribution is -2.60. The number of guanidine groups is 1. The van der Waals surface area contributed by atoms with Crippen LogP contribution < -0.4 is 54.4 Å². The van der Waals surface area contributed by atoms with Crippen LogP contribution in [0.4, 0.5) is 0 Å². The summed E-state index contributed by atoms with van der Waals surface area (Å²) >= 11 is 0. The highest BCUT2D eigenvalue weighted by atomic mass is 16.2. The van der Waals surface area contributed by atoms with Gasteiger partial charge in [-0.25, -0.2) is 0 Å². The monoisotopic (exact) mass is 892 g/mol. The van der Waals surface area contributed by atoms with Crippen LogP contribution in [0.1, 0.15) is 49.3 Å². The minimum absolute atomic E-state index is 0.0232. The minimum Gasteiger partial charge on any atom is -0.370 e. The average Bonchev–Trinajstić information content (AvgIpc) is 3.69. The Balaban J connectivity index is 1.49. The number of carbonyl (C=O) groups is 8. The second kappa shape index (κ2) is 23.6. The minimum atomic E-state index is -1.39. The van der Waals surface area contributed by atoms with Gasteiger partial charge in [-0.05, 0) is 48.9 Å². The van der Waals surface area contributed by atoms with E-state index in [1.54, 1.807) is 66.9 Å². The maximum absolute atomic E-state index is 14.3. The molecule has 14 N–H and O–H groups in total. The third-order valence-electron chi connectivity index (χ3n) is 10.7. The smallest absolute Gasteiger partial charge is 0.245 e. The summed E-state index contributed by atoms with van der Waals surface area (Å²) in [5.41, 5.74) is 19.5. The molecule has 20 heteroatoms. The van der Waals surface area contributed by atoms with Crippen LogP contribution >= 0.6 is 0 Å². The van der Waals surface area contributed by atoms with Gasteiger partial charge < -0.3 is 59.4 Å². The molecule has 1 saturated heterocycles. The van der Waals surface area contributed by atoms with E-state index in [1.165, 1.54) is 6.92 Å². The van der Waals surface area contributed by atoms with Crippen LogP contribution in [0.15, 0.2) is 96.1 Å². The molecule has 1 aromatic heterocycles. The zero-order valence-corrected chi connectivity index (χ0v) is 35.9. The average molecular weight is 893 g/mol. The topological polar surface area (TPSA) is 327 Å². The van der Waals surface area contributed by atoms with Gasteiger partial charge in [-0.2, -0.15) is 0 Å². The zero-order chi connectivity index (χ0) is 46.9. The molecule has 3 aromatic carbocycles. The molecule has 2 heterocycles. The molecule has 1 fully saturated rings. The highest BCUT2D eigenvalue weighted by Crippen LogP contribution is 2.20. The van der Waals surface area contributed by atoms with E-state index < -0.39 is 90.1 Å². The van der Waals surface area contributed by atoms with E-state index in [-0.39, 0.29) is 57.5 Å². The Morgan fingerprint density at radius 1 is 0.692 bits per heavy atom. The predicted molar refractivity (Wildman–Crippen MR) is 241 cm³/mol. The van der Waals surface area contributed by atoms with Crippen molar-refractivity contribution >= 4 is 64.1 Å². The highest BCUT2D eigenvalue weighted by Gasteiger charge is 2.33. The molecule has 4 aromatic rings. The second-order valence-electron chi connectivity index (χ2n) is 15.7. The first kappa shape index (κ1) is 48.3. The summed E-state index contributed by atoms with van der Waals surface area (Å²) in [5, 5.41) is 19.3. The van der Waals surface area contributed by atoms with E-state index in [2.05, 4.69) is 47.2 Å². The fraction of sp³-hybridized carbons (Fsp3) is 0.356. The fourth-order valence-electron chi connectivity index (χ4n) is 7.16. The number of nitrogens with one attached hydrogen (secondary N) is 8. The van der Waals surface area contributed by atoms with E-state index in [4.69, 9.17) is 17.2 Å². The second-order valence-corrected chi connectivity index (χ2v) is 15.7. The number of fused-ring (bicyclic) bond motifs is 1.